The molecule has 1 amide bonds. The maximum atomic E-state index is 13.2. The van der Waals surface area contributed by atoms with E-state index in [0.717, 1.165) is 5.56 Å². The van der Waals surface area contributed by atoms with E-state index in [1.54, 1.807) is 6.07 Å². The van der Waals surface area contributed by atoms with Crippen molar-refractivity contribution in [3.05, 3.63) is 41.2 Å². The molecule has 0 aromatic heterocycles. The number of nitrogens with two attached hydrogens (primary N) is 1. The van der Waals surface area contributed by atoms with E-state index < -0.39 is 23.8 Å². The molecule has 1 aromatic rings. The first-order valence-corrected chi connectivity index (χ1v) is 5.44. The van der Waals surface area contributed by atoms with E-state index in [-0.39, 0.29) is 0 Å². The predicted octanol–water partition coefficient (Wildman–Crippen LogP) is 1.18. The Morgan fingerprint density at radius 1 is 1.50 bits per heavy atom. The summed E-state index contributed by atoms with van der Waals surface area (Å²) in [5, 5.41) is 0. The number of rotatable bonds is 2. The van der Waals surface area contributed by atoms with Crippen molar-refractivity contribution >= 4 is 17.4 Å². The third-order valence-electron chi connectivity index (χ3n) is 2.74. The number of hydrogen-bond donors (Lipinski definition) is 1. The average Bonchev–Trinajstić information content (AvgIpc) is 2.55. The summed E-state index contributed by atoms with van der Waals surface area (Å²) in [6, 6.07) is 4.26. The quantitative estimate of drug-likeness (QED) is 0.632. The summed E-state index contributed by atoms with van der Waals surface area (Å²) >= 11 is 0. The standard InChI is InChI=1S/C13H12FNO3/c1-7(16)18-12-4-8-2-3-9(14)5-10(8)11(12)6-13(15)17/h2-3,5-6,12H,4H2,1H3,(H2,15,17). The monoisotopic (exact) mass is 249 g/mol. The van der Waals surface area contributed by atoms with Crippen LogP contribution in [0.4, 0.5) is 4.39 Å². The van der Waals surface area contributed by atoms with E-state index in [0.29, 0.717) is 17.6 Å². The van der Waals surface area contributed by atoms with Crippen molar-refractivity contribution in [1.29, 1.82) is 0 Å². The van der Waals surface area contributed by atoms with Crippen LogP contribution < -0.4 is 5.73 Å². The van der Waals surface area contributed by atoms with Gasteiger partial charge >= 0.3 is 5.97 Å². The van der Waals surface area contributed by atoms with E-state index in [9.17, 15) is 14.0 Å². The molecule has 0 spiro atoms. The van der Waals surface area contributed by atoms with Crippen LogP contribution in [0.1, 0.15) is 18.1 Å². The Kier molecular flexibility index (Phi) is 3.14. The minimum Gasteiger partial charge on any atom is -0.457 e. The van der Waals surface area contributed by atoms with Gasteiger partial charge in [0, 0.05) is 25.0 Å². The normalized spacial score (nSPS) is 19.7. The molecule has 1 unspecified atom stereocenters. The minimum absolute atomic E-state index is 0.410. The molecule has 1 aliphatic carbocycles. The van der Waals surface area contributed by atoms with Gasteiger partial charge in [0.1, 0.15) is 11.9 Å². The molecule has 0 heterocycles. The smallest absolute Gasteiger partial charge is 0.303 e. The number of carbonyl (C=O) groups is 2. The van der Waals surface area contributed by atoms with Crippen LogP contribution in [0.3, 0.4) is 0 Å². The predicted molar refractivity (Wildman–Crippen MR) is 62.8 cm³/mol. The Bertz CT molecular complexity index is 551. The van der Waals surface area contributed by atoms with Crippen LogP contribution in [0, 0.1) is 5.82 Å². The fourth-order valence-electron chi connectivity index (χ4n) is 2.11. The molecule has 4 nitrogen and oxygen atoms in total. The second-order valence-electron chi connectivity index (χ2n) is 4.11. The van der Waals surface area contributed by atoms with Gasteiger partial charge in [0.15, 0.2) is 0 Å². The SMILES string of the molecule is CC(=O)OC1Cc2ccc(F)cc2C1=CC(N)=O. The van der Waals surface area contributed by atoms with E-state index >= 15 is 0 Å². The van der Waals surface area contributed by atoms with Gasteiger partial charge in [-0.15, -0.1) is 0 Å². The third-order valence-corrected chi connectivity index (χ3v) is 2.74. The summed E-state index contributed by atoms with van der Waals surface area (Å²) in [5.41, 5.74) is 6.96. The summed E-state index contributed by atoms with van der Waals surface area (Å²) in [6.07, 6.45) is 1.03. The van der Waals surface area contributed by atoms with Crippen LogP contribution >= 0.6 is 0 Å². The van der Waals surface area contributed by atoms with Gasteiger partial charge in [-0.1, -0.05) is 6.07 Å². The molecule has 0 aliphatic heterocycles. The first-order valence-electron chi connectivity index (χ1n) is 5.44. The number of ether oxygens (including phenoxy) is 1. The average molecular weight is 249 g/mol. The number of amides is 1. The zero-order valence-corrected chi connectivity index (χ0v) is 9.77. The second-order valence-corrected chi connectivity index (χ2v) is 4.11. The lowest BCUT2D eigenvalue weighted by atomic mass is 10.1. The Morgan fingerprint density at radius 2 is 2.22 bits per heavy atom. The highest BCUT2D eigenvalue weighted by atomic mass is 19.1. The van der Waals surface area contributed by atoms with Crippen LogP contribution in [-0.2, 0) is 20.7 Å². The van der Waals surface area contributed by atoms with Crippen LogP contribution in [0.25, 0.3) is 5.57 Å². The largest absolute Gasteiger partial charge is 0.457 e. The summed E-state index contributed by atoms with van der Waals surface area (Å²) in [6.45, 7) is 1.28. The fraction of sp³-hybridized carbons (Fsp3) is 0.231. The molecule has 94 valence electrons. The molecule has 0 bridgehead atoms. The maximum absolute atomic E-state index is 13.2. The lowest BCUT2D eigenvalue weighted by Gasteiger charge is -2.12. The topological polar surface area (TPSA) is 69.4 Å². The van der Waals surface area contributed by atoms with Gasteiger partial charge in [-0.25, -0.2) is 4.39 Å². The van der Waals surface area contributed by atoms with Crippen LogP contribution in [0.2, 0.25) is 0 Å². The van der Waals surface area contributed by atoms with Gasteiger partial charge in [-0.3, -0.25) is 9.59 Å². The Hall–Kier alpha value is -2.17. The van der Waals surface area contributed by atoms with Crippen molar-refractivity contribution < 1.29 is 18.7 Å². The number of carbonyl (C=O) groups excluding carboxylic acids is 2. The van der Waals surface area contributed by atoms with Crippen molar-refractivity contribution in [1.82, 2.24) is 0 Å². The van der Waals surface area contributed by atoms with Crippen LogP contribution in [0.5, 0.6) is 0 Å². The van der Waals surface area contributed by atoms with Gasteiger partial charge < -0.3 is 10.5 Å². The molecule has 5 heteroatoms. The van der Waals surface area contributed by atoms with Gasteiger partial charge in [0.05, 0.1) is 0 Å². The van der Waals surface area contributed by atoms with E-state index in [2.05, 4.69) is 0 Å². The molecule has 1 aliphatic rings. The third kappa shape index (κ3) is 2.40. The Labute approximate surface area is 103 Å². The lowest BCUT2D eigenvalue weighted by Crippen LogP contribution is -2.17. The van der Waals surface area contributed by atoms with Gasteiger partial charge in [-0.2, -0.15) is 0 Å². The summed E-state index contributed by atoms with van der Waals surface area (Å²) in [5.74, 6) is -1.52. The Balaban J connectivity index is 2.45. The van der Waals surface area contributed by atoms with Crippen LogP contribution in [-0.4, -0.2) is 18.0 Å². The van der Waals surface area contributed by atoms with Gasteiger partial charge in [-0.05, 0) is 23.3 Å². The van der Waals surface area contributed by atoms with Crippen LogP contribution in [0.15, 0.2) is 24.3 Å². The molecule has 0 radical (unpaired) electrons. The van der Waals surface area contributed by atoms with Crippen molar-refractivity contribution in [2.75, 3.05) is 0 Å². The van der Waals surface area contributed by atoms with E-state index in [1.807, 2.05) is 0 Å². The number of benzene rings is 1. The number of esters is 1. The number of primary amides is 1. The van der Waals surface area contributed by atoms with Crippen molar-refractivity contribution in [2.24, 2.45) is 5.73 Å². The van der Waals surface area contributed by atoms with Crippen molar-refractivity contribution in [3.63, 3.8) is 0 Å². The molecular formula is C13H12FNO3. The van der Waals surface area contributed by atoms with E-state index in [1.165, 1.54) is 25.1 Å². The van der Waals surface area contributed by atoms with Gasteiger partial charge in [0.25, 0.3) is 0 Å². The summed E-state index contributed by atoms with van der Waals surface area (Å²) < 4.78 is 18.3. The molecule has 1 aromatic carbocycles. The minimum atomic E-state index is -0.653. The highest BCUT2D eigenvalue weighted by molar-refractivity contribution is 5.96. The molecule has 18 heavy (non-hydrogen) atoms. The highest BCUT2D eigenvalue weighted by Crippen LogP contribution is 2.34. The van der Waals surface area contributed by atoms with Crippen molar-refractivity contribution in [2.45, 2.75) is 19.4 Å². The van der Waals surface area contributed by atoms with Crippen molar-refractivity contribution in [3.8, 4) is 0 Å². The number of hydrogen-bond acceptors (Lipinski definition) is 3. The molecule has 2 rings (SSSR count). The summed E-state index contributed by atoms with van der Waals surface area (Å²) in [4.78, 5) is 22.0. The number of halogens is 1. The molecule has 2 N–H and O–H groups in total. The maximum Gasteiger partial charge on any atom is 0.303 e. The number of fused-ring (bicyclic) bond motifs is 1. The molecule has 0 saturated heterocycles. The highest BCUT2D eigenvalue weighted by Gasteiger charge is 2.30. The fourth-order valence-corrected chi connectivity index (χ4v) is 2.11. The summed E-state index contributed by atoms with van der Waals surface area (Å²) in [7, 11) is 0. The zero-order valence-electron chi connectivity index (χ0n) is 9.77. The lowest BCUT2D eigenvalue weighted by molar-refractivity contribution is -0.143. The zero-order chi connectivity index (χ0) is 13.3. The first kappa shape index (κ1) is 12.3. The molecule has 1 atom stereocenters. The van der Waals surface area contributed by atoms with E-state index in [4.69, 9.17) is 10.5 Å². The first-order chi connectivity index (χ1) is 8.47. The van der Waals surface area contributed by atoms with Gasteiger partial charge in [0.2, 0.25) is 5.91 Å². The molecule has 0 saturated carbocycles. The molecular weight excluding hydrogens is 237 g/mol. The molecule has 0 fully saturated rings. The Morgan fingerprint density at radius 3 is 2.83 bits per heavy atom. The second kappa shape index (κ2) is 4.60.